The van der Waals surface area contributed by atoms with Crippen LogP contribution in [0.4, 0.5) is 5.69 Å². The van der Waals surface area contributed by atoms with Crippen molar-refractivity contribution >= 4 is 33.2 Å². The number of fused-ring (bicyclic) bond motifs is 1. The number of anilines is 1. The Morgan fingerprint density at radius 3 is 2.70 bits per heavy atom. The summed E-state index contributed by atoms with van der Waals surface area (Å²) in [4.78, 5) is 12.5. The van der Waals surface area contributed by atoms with Gasteiger partial charge in [0, 0.05) is 11.6 Å². The van der Waals surface area contributed by atoms with Crippen molar-refractivity contribution in [3.05, 3.63) is 65.7 Å². The number of nitrogens with zero attached hydrogens (tertiary/aromatic N) is 1. The van der Waals surface area contributed by atoms with E-state index in [9.17, 15) is 13.2 Å². The summed E-state index contributed by atoms with van der Waals surface area (Å²) in [6.45, 7) is 5.52. The maximum absolute atomic E-state index is 13.2. The fraction of sp³-hybridized carbons (Fsp3) is 0.211. The van der Waals surface area contributed by atoms with E-state index in [0.717, 1.165) is 5.56 Å². The average Bonchev–Trinajstić information content (AvgIpc) is 2.65. The summed E-state index contributed by atoms with van der Waals surface area (Å²) in [6, 6.07) is 11.2. The fourth-order valence-corrected chi connectivity index (χ4v) is 4.35. The smallest absolute Gasteiger partial charge is 0.264 e. The molecule has 2 aromatic rings. The van der Waals surface area contributed by atoms with Crippen LogP contribution in [0.1, 0.15) is 5.56 Å². The summed E-state index contributed by atoms with van der Waals surface area (Å²) in [7, 11) is -3.90. The molecule has 2 aromatic carbocycles. The zero-order valence-corrected chi connectivity index (χ0v) is 16.3. The van der Waals surface area contributed by atoms with Crippen molar-refractivity contribution in [2.45, 2.75) is 17.9 Å². The first-order valence-electron chi connectivity index (χ1n) is 8.27. The van der Waals surface area contributed by atoms with Gasteiger partial charge in [-0.2, -0.15) is 0 Å². The number of carbonyl (C=O) groups is 1. The number of benzene rings is 2. The first kappa shape index (κ1) is 19.3. The molecule has 0 saturated carbocycles. The molecular formula is C19H19ClN2O4S. The van der Waals surface area contributed by atoms with Gasteiger partial charge in [0.2, 0.25) is 0 Å². The highest BCUT2D eigenvalue weighted by Gasteiger charge is 2.37. The maximum Gasteiger partial charge on any atom is 0.264 e. The fourth-order valence-electron chi connectivity index (χ4n) is 2.71. The number of carbonyl (C=O) groups excluding carboxylic acids is 1. The lowest BCUT2D eigenvalue weighted by atomic mass is 10.2. The summed E-state index contributed by atoms with van der Waals surface area (Å²) in [5, 5.41) is 3.01. The van der Waals surface area contributed by atoms with E-state index in [-0.39, 0.29) is 23.7 Å². The second-order valence-corrected chi connectivity index (χ2v) is 8.40. The van der Waals surface area contributed by atoms with Crippen LogP contribution in [0.25, 0.3) is 0 Å². The van der Waals surface area contributed by atoms with Crippen LogP contribution >= 0.6 is 11.6 Å². The number of amides is 1. The summed E-state index contributed by atoms with van der Waals surface area (Å²) >= 11 is 6.06. The SMILES string of the molecule is C=CCNC(=O)[C@H]1CN(S(=O)(=O)c2ccc(C)cc2)c2cc(Cl)ccc2O1. The lowest BCUT2D eigenvalue weighted by Gasteiger charge is -2.34. The van der Waals surface area contributed by atoms with Gasteiger partial charge in [-0.3, -0.25) is 9.10 Å². The van der Waals surface area contributed by atoms with Gasteiger partial charge in [0.15, 0.2) is 6.10 Å². The Bertz CT molecular complexity index is 974. The monoisotopic (exact) mass is 406 g/mol. The van der Waals surface area contributed by atoms with Crippen LogP contribution in [0.15, 0.2) is 60.0 Å². The second kappa shape index (κ2) is 7.62. The van der Waals surface area contributed by atoms with Gasteiger partial charge >= 0.3 is 0 Å². The molecule has 6 nitrogen and oxygen atoms in total. The van der Waals surface area contributed by atoms with Crippen LogP contribution in [0.2, 0.25) is 5.02 Å². The molecule has 0 radical (unpaired) electrons. The average molecular weight is 407 g/mol. The molecule has 1 aliphatic heterocycles. The van der Waals surface area contributed by atoms with Crippen LogP contribution in [-0.2, 0) is 14.8 Å². The summed E-state index contributed by atoms with van der Waals surface area (Å²) in [5.74, 6) is -0.139. The molecule has 0 aromatic heterocycles. The highest BCUT2D eigenvalue weighted by molar-refractivity contribution is 7.92. The molecule has 3 rings (SSSR count). The number of sulfonamides is 1. The molecule has 0 aliphatic carbocycles. The van der Waals surface area contributed by atoms with E-state index in [1.165, 1.54) is 28.6 Å². The molecule has 142 valence electrons. The number of nitrogens with one attached hydrogen (secondary N) is 1. The Hall–Kier alpha value is -2.51. The van der Waals surface area contributed by atoms with Gasteiger partial charge in [-0.05, 0) is 37.3 Å². The van der Waals surface area contributed by atoms with Gasteiger partial charge in [0.1, 0.15) is 5.75 Å². The Kier molecular flexibility index (Phi) is 5.43. The third kappa shape index (κ3) is 3.94. The Morgan fingerprint density at radius 1 is 1.33 bits per heavy atom. The quantitative estimate of drug-likeness (QED) is 0.774. The number of hydrogen-bond acceptors (Lipinski definition) is 4. The van der Waals surface area contributed by atoms with E-state index in [4.69, 9.17) is 16.3 Å². The first-order valence-corrected chi connectivity index (χ1v) is 10.1. The van der Waals surface area contributed by atoms with Crippen LogP contribution in [0.5, 0.6) is 5.75 Å². The van der Waals surface area contributed by atoms with Crippen LogP contribution in [0, 0.1) is 6.92 Å². The molecule has 1 atom stereocenters. The second-order valence-electron chi connectivity index (χ2n) is 6.10. The maximum atomic E-state index is 13.2. The lowest BCUT2D eigenvalue weighted by molar-refractivity contribution is -0.127. The normalized spacial score (nSPS) is 16.2. The largest absolute Gasteiger partial charge is 0.476 e. The molecule has 0 saturated heterocycles. The predicted octanol–water partition coefficient (Wildman–Crippen LogP) is 2.91. The van der Waals surface area contributed by atoms with E-state index in [2.05, 4.69) is 11.9 Å². The standard InChI is InChI=1S/C19H19ClN2O4S/c1-3-10-21-19(23)18-12-22(16-11-14(20)6-9-17(16)26-18)27(24,25)15-7-4-13(2)5-8-15/h3-9,11,18H,1,10,12H2,2H3,(H,21,23)/t18-/m1/s1. The van der Waals surface area contributed by atoms with Crippen molar-refractivity contribution in [3.63, 3.8) is 0 Å². The van der Waals surface area contributed by atoms with Crippen LogP contribution < -0.4 is 14.4 Å². The molecule has 0 fully saturated rings. The van der Waals surface area contributed by atoms with Crippen molar-refractivity contribution in [2.24, 2.45) is 0 Å². The van der Waals surface area contributed by atoms with Crippen LogP contribution in [-0.4, -0.2) is 33.5 Å². The van der Waals surface area contributed by atoms with Gasteiger partial charge < -0.3 is 10.1 Å². The topological polar surface area (TPSA) is 75.7 Å². The summed E-state index contributed by atoms with van der Waals surface area (Å²) < 4.78 is 33.4. The molecule has 0 bridgehead atoms. The van der Waals surface area contributed by atoms with E-state index >= 15 is 0 Å². The molecular weight excluding hydrogens is 388 g/mol. The van der Waals surface area contributed by atoms with Gasteiger partial charge in [-0.1, -0.05) is 35.4 Å². The van der Waals surface area contributed by atoms with Crippen molar-refractivity contribution in [2.75, 3.05) is 17.4 Å². The molecule has 1 N–H and O–H groups in total. The number of hydrogen-bond donors (Lipinski definition) is 1. The molecule has 27 heavy (non-hydrogen) atoms. The lowest BCUT2D eigenvalue weighted by Crippen LogP contribution is -2.50. The van der Waals surface area contributed by atoms with Crippen molar-refractivity contribution in [1.82, 2.24) is 5.32 Å². The molecule has 8 heteroatoms. The third-order valence-electron chi connectivity index (χ3n) is 4.11. The predicted molar refractivity (Wildman–Crippen MR) is 105 cm³/mol. The number of halogens is 1. The van der Waals surface area contributed by atoms with E-state index in [1.54, 1.807) is 24.3 Å². The van der Waals surface area contributed by atoms with E-state index in [1.807, 2.05) is 6.92 Å². The minimum absolute atomic E-state index is 0.131. The first-order chi connectivity index (χ1) is 12.8. The molecule has 1 aliphatic rings. The Labute approximate surface area is 163 Å². The van der Waals surface area contributed by atoms with Crippen molar-refractivity contribution < 1.29 is 17.9 Å². The Balaban J connectivity index is 2.03. The summed E-state index contributed by atoms with van der Waals surface area (Å²) in [5.41, 5.74) is 1.25. The van der Waals surface area contributed by atoms with Crippen molar-refractivity contribution in [1.29, 1.82) is 0 Å². The molecule has 0 unspecified atom stereocenters. The van der Waals surface area contributed by atoms with Crippen LogP contribution in [0.3, 0.4) is 0 Å². The number of aryl methyl sites for hydroxylation is 1. The van der Waals surface area contributed by atoms with Gasteiger partial charge in [-0.15, -0.1) is 6.58 Å². The van der Waals surface area contributed by atoms with Gasteiger partial charge in [0.05, 0.1) is 17.1 Å². The zero-order chi connectivity index (χ0) is 19.6. The zero-order valence-electron chi connectivity index (χ0n) is 14.7. The number of rotatable bonds is 5. The third-order valence-corrected chi connectivity index (χ3v) is 6.14. The highest BCUT2D eigenvalue weighted by atomic mass is 35.5. The minimum atomic E-state index is -3.90. The van der Waals surface area contributed by atoms with E-state index in [0.29, 0.717) is 10.7 Å². The van der Waals surface area contributed by atoms with E-state index < -0.39 is 22.0 Å². The van der Waals surface area contributed by atoms with Gasteiger partial charge in [-0.25, -0.2) is 8.42 Å². The minimum Gasteiger partial charge on any atom is -0.476 e. The Morgan fingerprint density at radius 2 is 2.04 bits per heavy atom. The van der Waals surface area contributed by atoms with Crippen molar-refractivity contribution in [3.8, 4) is 5.75 Å². The molecule has 1 amide bonds. The summed E-state index contributed by atoms with van der Waals surface area (Å²) in [6.07, 6.45) is 0.550. The number of ether oxygens (including phenoxy) is 1. The van der Waals surface area contributed by atoms with Gasteiger partial charge in [0.25, 0.3) is 15.9 Å². The molecule has 0 spiro atoms. The highest BCUT2D eigenvalue weighted by Crippen LogP contribution is 2.38. The molecule has 1 heterocycles.